The molecule has 2 atom stereocenters. The van der Waals surface area contributed by atoms with E-state index in [2.05, 4.69) is 5.32 Å². The van der Waals surface area contributed by atoms with Crippen molar-refractivity contribution < 1.29 is 17.9 Å². The Morgan fingerprint density at radius 3 is 2.29 bits per heavy atom. The lowest BCUT2D eigenvalue weighted by Crippen LogP contribution is -2.42. The third-order valence-electron chi connectivity index (χ3n) is 1.66. The average Bonchev–Trinajstić information content (AvgIpc) is 1.99. The summed E-state index contributed by atoms with van der Waals surface area (Å²) < 4.78 is 26.5. The van der Waals surface area contributed by atoms with Gasteiger partial charge in [0.05, 0.1) is 5.75 Å². The summed E-state index contributed by atoms with van der Waals surface area (Å²) in [7, 11) is -1.63. The number of methoxy groups -OCH3 is 1. The summed E-state index contributed by atoms with van der Waals surface area (Å²) in [6.07, 6.45) is 0.576. The summed E-state index contributed by atoms with van der Waals surface area (Å²) in [5.41, 5.74) is 0. The first-order chi connectivity index (χ1) is 6.26. The quantitative estimate of drug-likeness (QED) is 0.686. The summed E-state index contributed by atoms with van der Waals surface area (Å²) in [6, 6.07) is -0.393. The van der Waals surface area contributed by atoms with Gasteiger partial charge in [-0.05, 0) is 13.8 Å². The van der Waals surface area contributed by atoms with Crippen LogP contribution in [0.1, 0.15) is 13.8 Å². The summed E-state index contributed by atoms with van der Waals surface area (Å²) in [6.45, 7) is 3.24. The number of amides is 1. The van der Waals surface area contributed by atoms with E-state index in [0.717, 1.165) is 6.26 Å². The Morgan fingerprint density at radius 2 is 1.93 bits per heavy atom. The first kappa shape index (κ1) is 13.4. The van der Waals surface area contributed by atoms with Gasteiger partial charge in [-0.1, -0.05) is 0 Å². The molecule has 0 heterocycles. The zero-order valence-electron chi connectivity index (χ0n) is 8.90. The van der Waals surface area contributed by atoms with Crippen molar-refractivity contribution >= 4 is 15.7 Å². The largest absolute Gasteiger partial charge is 0.372 e. The Labute approximate surface area is 84.7 Å². The van der Waals surface area contributed by atoms with Crippen LogP contribution in [0, 0.1) is 0 Å². The van der Waals surface area contributed by atoms with Gasteiger partial charge in [-0.25, -0.2) is 8.42 Å². The van der Waals surface area contributed by atoms with Crippen LogP contribution in [0.3, 0.4) is 0 Å². The molecular formula is C8H17NO4S. The van der Waals surface area contributed by atoms with Crippen LogP contribution in [0.2, 0.25) is 0 Å². The number of sulfone groups is 1. The Hall–Kier alpha value is -0.620. The standard InChI is InChI=1S/C8H17NO4S/c1-6(5-14(4,11)12)9-8(10)7(2)13-3/h6-7H,5H2,1-4H3,(H,9,10). The minimum Gasteiger partial charge on any atom is -0.372 e. The van der Waals surface area contributed by atoms with Crippen molar-refractivity contribution in [2.45, 2.75) is 26.0 Å². The number of ether oxygens (including phenoxy) is 1. The first-order valence-corrected chi connectivity index (χ1v) is 6.33. The highest BCUT2D eigenvalue weighted by molar-refractivity contribution is 7.90. The van der Waals surface area contributed by atoms with Crippen LogP contribution in [-0.2, 0) is 19.4 Å². The highest BCUT2D eigenvalue weighted by Gasteiger charge is 2.16. The molecule has 1 amide bonds. The second-order valence-electron chi connectivity index (χ2n) is 3.38. The summed E-state index contributed by atoms with van der Waals surface area (Å²) >= 11 is 0. The predicted molar refractivity (Wildman–Crippen MR) is 53.8 cm³/mol. The molecule has 5 nitrogen and oxygen atoms in total. The van der Waals surface area contributed by atoms with Gasteiger partial charge in [0, 0.05) is 19.4 Å². The van der Waals surface area contributed by atoms with Gasteiger partial charge < -0.3 is 10.1 Å². The monoisotopic (exact) mass is 223 g/mol. The molecule has 84 valence electrons. The van der Waals surface area contributed by atoms with Crippen molar-refractivity contribution in [2.75, 3.05) is 19.1 Å². The van der Waals surface area contributed by atoms with Crippen molar-refractivity contribution in [3.63, 3.8) is 0 Å². The van der Waals surface area contributed by atoms with Crippen molar-refractivity contribution in [3.8, 4) is 0 Å². The van der Waals surface area contributed by atoms with E-state index in [1.54, 1.807) is 13.8 Å². The lowest BCUT2D eigenvalue weighted by Gasteiger charge is -2.15. The lowest BCUT2D eigenvalue weighted by atomic mass is 10.3. The van der Waals surface area contributed by atoms with E-state index < -0.39 is 22.0 Å². The van der Waals surface area contributed by atoms with Gasteiger partial charge in [0.15, 0.2) is 0 Å². The van der Waals surface area contributed by atoms with Crippen LogP contribution >= 0.6 is 0 Å². The van der Waals surface area contributed by atoms with Crippen molar-refractivity contribution in [1.29, 1.82) is 0 Å². The molecule has 6 heteroatoms. The summed E-state index contributed by atoms with van der Waals surface area (Å²) in [4.78, 5) is 11.2. The molecule has 0 saturated carbocycles. The molecule has 0 fully saturated rings. The SMILES string of the molecule is COC(C)C(=O)NC(C)CS(C)(=O)=O. The fraction of sp³-hybridized carbons (Fsp3) is 0.875. The van der Waals surface area contributed by atoms with Gasteiger partial charge in [-0.3, -0.25) is 4.79 Å². The minimum atomic E-state index is -3.06. The Balaban J connectivity index is 4.07. The molecule has 0 spiro atoms. The molecule has 2 unspecified atom stereocenters. The van der Waals surface area contributed by atoms with E-state index >= 15 is 0 Å². The first-order valence-electron chi connectivity index (χ1n) is 4.27. The zero-order chi connectivity index (χ0) is 11.4. The molecule has 0 aromatic carbocycles. The number of hydrogen-bond donors (Lipinski definition) is 1. The van der Waals surface area contributed by atoms with Gasteiger partial charge in [0.25, 0.3) is 0 Å². The molecule has 0 rings (SSSR count). The maximum absolute atomic E-state index is 11.2. The van der Waals surface area contributed by atoms with Crippen LogP contribution < -0.4 is 5.32 Å². The summed E-state index contributed by atoms with van der Waals surface area (Å²) in [5, 5.41) is 2.54. The highest BCUT2D eigenvalue weighted by Crippen LogP contribution is 1.93. The van der Waals surface area contributed by atoms with E-state index in [-0.39, 0.29) is 11.7 Å². The van der Waals surface area contributed by atoms with E-state index in [0.29, 0.717) is 0 Å². The molecule has 0 aliphatic heterocycles. The van der Waals surface area contributed by atoms with E-state index in [9.17, 15) is 13.2 Å². The van der Waals surface area contributed by atoms with E-state index in [4.69, 9.17) is 4.74 Å². The van der Waals surface area contributed by atoms with Crippen molar-refractivity contribution in [3.05, 3.63) is 0 Å². The molecule has 0 aromatic heterocycles. The molecule has 14 heavy (non-hydrogen) atoms. The number of rotatable bonds is 5. The van der Waals surface area contributed by atoms with Gasteiger partial charge in [0.1, 0.15) is 15.9 Å². The third kappa shape index (κ3) is 5.93. The molecule has 0 aromatic rings. The fourth-order valence-electron chi connectivity index (χ4n) is 0.963. The van der Waals surface area contributed by atoms with Crippen molar-refractivity contribution in [1.82, 2.24) is 5.32 Å². The number of nitrogens with one attached hydrogen (secondary N) is 1. The normalized spacial score (nSPS) is 16.0. The Bertz CT molecular complexity index is 286. The molecule has 0 aliphatic carbocycles. The molecular weight excluding hydrogens is 206 g/mol. The Kier molecular flexibility index (Phi) is 5.07. The molecule has 0 bridgehead atoms. The second kappa shape index (κ2) is 5.31. The molecule has 1 N–H and O–H groups in total. The van der Waals surface area contributed by atoms with Gasteiger partial charge in [-0.15, -0.1) is 0 Å². The third-order valence-corrected chi connectivity index (χ3v) is 2.77. The Morgan fingerprint density at radius 1 is 1.43 bits per heavy atom. The fourth-order valence-corrected chi connectivity index (χ4v) is 1.95. The van der Waals surface area contributed by atoms with Crippen LogP contribution in [0.5, 0.6) is 0 Å². The second-order valence-corrected chi connectivity index (χ2v) is 5.56. The van der Waals surface area contributed by atoms with Crippen LogP contribution in [0.15, 0.2) is 0 Å². The maximum atomic E-state index is 11.2. The lowest BCUT2D eigenvalue weighted by molar-refractivity contribution is -0.130. The smallest absolute Gasteiger partial charge is 0.249 e. The predicted octanol–water partition coefficient (Wildman–Crippen LogP) is -0.429. The van der Waals surface area contributed by atoms with Crippen molar-refractivity contribution in [2.24, 2.45) is 0 Å². The zero-order valence-corrected chi connectivity index (χ0v) is 9.72. The topological polar surface area (TPSA) is 72.5 Å². The minimum absolute atomic E-state index is 0.0603. The van der Waals surface area contributed by atoms with Gasteiger partial charge in [0.2, 0.25) is 5.91 Å². The van der Waals surface area contributed by atoms with E-state index in [1.165, 1.54) is 7.11 Å². The van der Waals surface area contributed by atoms with Crippen LogP contribution in [0.25, 0.3) is 0 Å². The van der Waals surface area contributed by atoms with Crippen LogP contribution in [0.4, 0.5) is 0 Å². The number of carbonyl (C=O) groups excluding carboxylic acids is 1. The van der Waals surface area contributed by atoms with Crippen LogP contribution in [-0.4, -0.2) is 45.6 Å². The van der Waals surface area contributed by atoms with Gasteiger partial charge >= 0.3 is 0 Å². The number of carbonyl (C=O) groups is 1. The number of hydrogen-bond acceptors (Lipinski definition) is 4. The van der Waals surface area contributed by atoms with E-state index in [1.807, 2.05) is 0 Å². The molecule has 0 aliphatic rings. The molecule has 0 saturated heterocycles. The highest BCUT2D eigenvalue weighted by atomic mass is 32.2. The average molecular weight is 223 g/mol. The maximum Gasteiger partial charge on any atom is 0.249 e. The van der Waals surface area contributed by atoms with Gasteiger partial charge in [-0.2, -0.15) is 0 Å². The molecule has 0 radical (unpaired) electrons. The summed E-state index contributed by atoms with van der Waals surface area (Å²) in [5.74, 6) is -0.363.